The van der Waals surface area contributed by atoms with Crippen molar-refractivity contribution in [1.29, 1.82) is 0 Å². The number of benzene rings is 1. The summed E-state index contributed by atoms with van der Waals surface area (Å²) in [5, 5.41) is 8.77. The van der Waals surface area contributed by atoms with Crippen LogP contribution in [0.15, 0.2) is 22.7 Å². The Bertz CT molecular complexity index is 472. The molecule has 0 aliphatic carbocycles. The number of carboxylic acids is 1. The van der Waals surface area contributed by atoms with Gasteiger partial charge in [0, 0.05) is 10.2 Å². The van der Waals surface area contributed by atoms with E-state index in [1.807, 2.05) is 12.1 Å². The molecule has 0 fully saturated rings. The number of amides is 1. The van der Waals surface area contributed by atoms with Crippen molar-refractivity contribution in [3.8, 4) is 0 Å². The average molecular weight is 284 g/mol. The van der Waals surface area contributed by atoms with Gasteiger partial charge in [-0.2, -0.15) is 0 Å². The fourth-order valence-electron chi connectivity index (χ4n) is 1.90. The van der Waals surface area contributed by atoms with Crippen molar-refractivity contribution in [3.63, 3.8) is 0 Å². The minimum absolute atomic E-state index is 0.157. The monoisotopic (exact) mass is 283 g/mol. The molecule has 84 valence electrons. The summed E-state index contributed by atoms with van der Waals surface area (Å²) in [5.74, 6) is -1.42. The first kappa shape index (κ1) is 11.1. The number of hydrogen-bond donors (Lipinski definition) is 1. The minimum atomic E-state index is -1.01. The molecule has 0 saturated heterocycles. The third-order valence-electron chi connectivity index (χ3n) is 2.68. The van der Waals surface area contributed by atoms with E-state index in [0.717, 1.165) is 10.0 Å². The lowest BCUT2D eigenvalue weighted by Crippen LogP contribution is -2.33. The van der Waals surface area contributed by atoms with Crippen LogP contribution in [-0.2, 0) is 9.59 Å². The third kappa shape index (κ3) is 1.71. The number of rotatable bonds is 2. The summed E-state index contributed by atoms with van der Waals surface area (Å²) in [6.07, 6.45) is 0. The van der Waals surface area contributed by atoms with Crippen LogP contribution >= 0.6 is 15.9 Å². The Morgan fingerprint density at radius 2 is 2.25 bits per heavy atom. The van der Waals surface area contributed by atoms with Crippen molar-refractivity contribution in [3.05, 3.63) is 28.2 Å². The van der Waals surface area contributed by atoms with Crippen LogP contribution in [0.3, 0.4) is 0 Å². The number of halogens is 1. The topological polar surface area (TPSA) is 57.6 Å². The molecule has 0 bridgehead atoms. The lowest BCUT2D eigenvalue weighted by atomic mass is 10.0. The Kier molecular flexibility index (Phi) is 2.71. The molecule has 1 aromatic rings. The molecule has 2 rings (SSSR count). The molecule has 16 heavy (non-hydrogen) atoms. The molecule has 1 unspecified atom stereocenters. The Balaban J connectivity index is 2.47. The van der Waals surface area contributed by atoms with Gasteiger partial charge in [0.05, 0.1) is 5.92 Å². The van der Waals surface area contributed by atoms with E-state index in [0.29, 0.717) is 5.69 Å². The zero-order chi connectivity index (χ0) is 11.9. The van der Waals surface area contributed by atoms with Crippen molar-refractivity contribution in [1.82, 2.24) is 0 Å². The molecule has 4 nitrogen and oxygen atoms in total. The summed E-state index contributed by atoms with van der Waals surface area (Å²) in [4.78, 5) is 23.9. The van der Waals surface area contributed by atoms with E-state index >= 15 is 0 Å². The van der Waals surface area contributed by atoms with E-state index < -0.39 is 5.97 Å². The molecular weight excluding hydrogens is 274 g/mol. The first-order valence-electron chi connectivity index (χ1n) is 4.83. The Labute approximate surface area is 101 Å². The number of carbonyl (C=O) groups excluding carboxylic acids is 1. The van der Waals surface area contributed by atoms with Gasteiger partial charge >= 0.3 is 5.97 Å². The largest absolute Gasteiger partial charge is 0.480 e. The van der Waals surface area contributed by atoms with Gasteiger partial charge in [0.15, 0.2) is 0 Å². The predicted molar refractivity (Wildman–Crippen MR) is 62.5 cm³/mol. The van der Waals surface area contributed by atoms with Crippen LogP contribution in [0.2, 0.25) is 0 Å². The van der Waals surface area contributed by atoms with Crippen molar-refractivity contribution < 1.29 is 14.7 Å². The Hall–Kier alpha value is -1.36. The summed E-state index contributed by atoms with van der Waals surface area (Å²) < 4.78 is 0.837. The van der Waals surface area contributed by atoms with Gasteiger partial charge in [0.1, 0.15) is 6.54 Å². The van der Waals surface area contributed by atoms with Crippen LogP contribution < -0.4 is 4.90 Å². The highest BCUT2D eigenvalue weighted by molar-refractivity contribution is 9.10. The van der Waals surface area contributed by atoms with E-state index in [1.54, 1.807) is 13.0 Å². The molecule has 0 aromatic heterocycles. The Morgan fingerprint density at radius 3 is 2.88 bits per heavy atom. The molecule has 1 aliphatic heterocycles. The molecule has 1 heterocycles. The molecule has 1 aliphatic rings. The normalized spacial score (nSPS) is 18.8. The Morgan fingerprint density at radius 1 is 1.56 bits per heavy atom. The number of hydrogen-bond acceptors (Lipinski definition) is 2. The average Bonchev–Trinajstić information content (AvgIpc) is 2.43. The van der Waals surface area contributed by atoms with E-state index in [2.05, 4.69) is 15.9 Å². The highest BCUT2D eigenvalue weighted by atomic mass is 79.9. The number of aliphatic carboxylic acids is 1. The second-order valence-electron chi connectivity index (χ2n) is 3.74. The first-order chi connectivity index (χ1) is 7.50. The van der Waals surface area contributed by atoms with Crippen LogP contribution in [0, 0.1) is 0 Å². The van der Waals surface area contributed by atoms with Crippen LogP contribution in [0.4, 0.5) is 5.69 Å². The summed E-state index contributed by atoms with van der Waals surface area (Å²) in [7, 11) is 0. The zero-order valence-electron chi connectivity index (χ0n) is 8.61. The first-order valence-corrected chi connectivity index (χ1v) is 5.62. The highest BCUT2D eigenvalue weighted by Gasteiger charge is 2.35. The number of fused-ring (bicyclic) bond motifs is 1. The van der Waals surface area contributed by atoms with Gasteiger partial charge in [-0.05, 0) is 24.6 Å². The van der Waals surface area contributed by atoms with Gasteiger partial charge in [0.2, 0.25) is 5.91 Å². The number of carbonyl (C=O) groups is 2. The van der Waals surface area contributed by atoms with Crippen molar-refractivity contribution in [2.24, 2.45) is 0 Å². The highest BCUT2D eigenvalue weighted by Crippen LogP contribution is 2.38. The minimum Gasteiger partial charge on any atom is -0.480 e. The van der Waals surface area contributed by atoms with E-state index in [1.165, 1.54) is 4.90 Å². The van der Waals surface area contributed by atoms with Gasteiger partial charge in [-0.15, -0.1) is 0 Å². The maximum absolute atomic E-state index is 11.9. The molecule has 5 heteroatoms. The van der Waals surface area contributed by atoms with E-state index in [9.17, 15) is 9.59 Å². The van der Waals surface area contributed by atoms with Crippen molar-refractivity contribution in [2.75, 3.05) is 11.4 Å². The second-order valence-corrected chi connectivity index (χ2v) is 4.66. The maximum Gasteiger partial charge on any atom is 0.323 e. The molecular formula is C11H10BrNO3. The predicted octanol–water partition coefficient (Wildman–Crippen LogP) is 1.98. The van der Waals surface area contributed by atoms with Gasteiger partial charge in [-0.1, -0.05) is 22.0 Å². The van der Waals surface area contributed by atoms with Crippen LogP contribution in [0.5, 0.6) is 0 Å². The summed E-state index contributed by atoms with van der Waals surface area (Å²) in [5.41, 5.74) is 1.57. The number of carboxylic acid groups (broad SMARTS) is 1. The molecule has 1 amide bonds. The van der Waals surface area contributed by atoms with Crippen LogP contribution in [-0.4, -0.2) is 23.5 Å². The van der Waals surface area contributed by atoms with Crippen LogP contribution in [0.1, 0.15) is 18.4 Å². The van der Waals surface area contributed by atoms with E-state index in [-0.39, 0.29) is 18.4 Å². The maximum atomic E-state index is 11.9. The fraction of sp³-hybridized carbons (Fsp3) is 0.273. The molecule has 0 spiro atoms. The van der Waals surface area contributed by atoms with Crippen molar-refractivity contribution >= 4 is 33.5 Å². The standard InChI is InChI=1S/C11H10BrNO3/c1-6-8-3-2-7(12)4-9(8)13(11(6)16)5-10(14)15/h2-4,6H,5H2,1H3,(H,14,15). The SMILES string of the molecule is CC1C(=O)N(CC(=O)O)c2cc(Br)ccc21. The summed E-state index contributed by atoms with van der Waals surface area (Å²) in [6.45, 7) is 1.50. The van der Waals surface area contributed by atoms with E-state index in [4.69, 9.17) is 5.11 Å². The molecule has 0 saturated carbocycles. The summed E-state index contributed by atoms with van der Waals surface area (Å²) in [6, 6.07) is 5.48. The third-order valence-corrected chi connectivity index (χ3v) is 3.17. The number of nitrogens with zero attached hydrogens (tertiary/aromatic N) is 1. The van der Waals surface area contributed by atoms with Gasteiger partial charge < -0.3 is 10.0 Å². The smallest absolute Gasteiger partial charge is 0.323 e. The molecule has 1 aromatic carbocycles. The summed E-state index contributed by atoms with van der Waals surface area (Å²) >= 11 is 3.31. The zero-order valence-corrected chi connectivity index (χ0v) is 10.2. The lowest BCUT2D eigenvalue weighted by molar-refractivity contribution is -0.136. The van der Waals surface area contributed by atoms with Crippen molar-refractivity contribution in [2.45, 2.75) is 12.8 Å². The quantitative estimate of drug-likeness (QED) is 0.903. The van der Waals surface area contributed by atoms with Gasteiger partial charge in [0.25, 0.3) is 0 Å². The number of anilines is 1. The molecule has 1 atom stereocenters. The van der Waals surface area contributed by atoms with Crippen LogP contribution in [0.25, 0.3) is 0 Å². The molecule has 1 N–H and O–H groups in total. The second kappa shape index (κ2) is 3.90. The van der Waals surface area contributed by atoms with Gasteiger partial charge in [-0.25, -0.2) is 0 Å². The van der Waals surface area contributed by atoms with Gasteiger partial charge in [-0.3, -0.25) is 9.59 Å². The lowest BCUT2D eigenvalue weighted by Gasteiger charge is -2.14. The molecule has 0 radical (unpaired) electrons. The fourth-order valence-corrected chi connectivity index (χ4v) is 2.25.